The van der Waals surface area contributed by atoms with Crippen LogP contribution >= 0.6 is 0 Å². The molecule has 3 atom stereocenters. The van der Waals surface area contributed by atoms with Gasteiger partial charge in [-0.1, -0.05) is 24.3 Å². The summed E-state index contributed by atoms with van der Waals surface area (Å²) in [6.07, 6.45) is 2.93. The number of aryl methyl sites for hydroxylation is 1. The maximum Gasteiger partial charge on any atom is 0.304 e. The van der Waals surface area contributed by atoms with Gasteiger partial charge in [-0.3, -0.25) is 19.8 Å². The summed E-state index contributed by atoms with van der Waals surface area (Å²) >= 11 is -5.21. The van der Waals surface area contributed by atoms with Crippen LogP contribution in [0.5, 0.6) is 5.88 Å². The summed E-state index contributed by atoms with van der Waals surface area (Å²) in [7, 11) is 0. The predicted octanol–water partition coefficient (Wildman–Crippen LogP) is 2.55. The molecule has 3 unspecified atom stereocenters. The lowest BCUT2D eigenvalue weighted by molar-refractivity contribution is 0.0917. The Morgan fingerprint density at radius 2 is 1.97 bits per heavy atom. The third kappa shape index (κ3) is 6.10. The second-order valence-corrected chi connectivity index (χ2v) is 9.16. The molecule has 0 saturated carbocycles. The smallest absolute Gasteiger partial charge is 0.304 e. The molecule has 4 N–H and O–H groups in total. The summed E-state index contributed by atoms with van der Waals surface area (Å²) in [6.45, 7) is 0.221. The number of rotatable bonds is 10. The summed E-state index contributed by atoms with van der Waals surface area (Å²) in [5.41, 5.74) is 11.2. The van der Waals surface area contributed by atoms with Crippen molar-refractivity contribution in [3.05, 3.63) is 77.2 Å². The van der Waals surface area contributed by atoms with Crippen LogP contribution in [0.4, 0.5) is 0 Å². The average Bonchev–Trinajstić information content (AvgIpc) is 3.29. The Hall–Kier alpha value is -2.58. The Labute approximate surface area is 202 Å². The molecule has 1 aromatic carbocycles. The van der Waals surface area contributed by atoms with E-state index in [0.29, 0.717) is 18.1 Å². The number of fused-ring (bicyclic) bond motifs is 1. The first-order chi connectivity index (χ1) is 16.4. The van der Waals surface area contributed by atoms with Crippen molar-refractivity contribution in [2.45, 2.75) is 38.8 Å². The van der Waals surface area contributed by atoms with Crippen LogP contribution in [0.2, 0.25) is 0 Å². The normalized spacial score (nSPS) is 15.6. The maximum absolute atomic E-state index is 11.7. The Bertz CT molecular complexity index is 1200. The first kappa shape index (κ1) is 24.5. The van der Waals surface area contributed by atoms with Gasteiger partial charge in [0.2, 0.25) is 17.1 Å². The van der Waals surface area contributed by atoms with Gasteiger partial charge in [0, 0.05) is 24.5 Å². The second kappa shape index (κ2) is 11.2. The minimum Gasteiger partial charge on any atom is -0.471 e. The van der Waals surface area contributed by atoms with E-state index in [1.165, 1.54) is 0 Å². The monoisotopic (exact) mass is 504 g/mol. The van der Waals surface area contributed by atoms with Gasteiger partial charge in [-0.15, -0.1) is 0 Å². The molecule has 2 heterocycles. The number of hydrogen-bond acceptors (Lipinski definition) is 7. The molecule has 34 heavy (non-hydrogen) atoms. The van der Waals surface area contributed by atoms with Gasteiger partial charge in [0.1, 0.15) is 6.61 Å². The first-order valence-corrected chi connectivity index (χ1v) is 12.6. The van der Waals surface area contributed by atoms with Crippen LogP contribution < -0.4 is 10.5 Å². The summed E-state index contributed by atoms with van der Waals surface area (Å²) in [4.78, 5) is 8.96. The van der Waals surface area contributed by atoms with Crippen molar-refractivity contribution in [3.8, 4) is 17.0 Å². The number of hydrogen-bond donors (Lipinski definition) is 3. The SMILES string of the molecule is NC(OS(=O)O)N(Cc1cccc(-c2cc(OCc3ccccn3)nc3c2CCC3)c1)S(=O)O. The zero-order valence-corrected chi connectivity index (χ0v) is 19.7. The van der Waals surface area contributed by atoms with E-state index in [9.17, 15) is 13.0 Å². The molecule has 0 amide bonds. The Morgan fingerprint density at radius 1 is 1.12 bits per heavy atom. The standard InChI is InChI=1S/C22H24N4O6S2/c23-22(32-34(29)30)26(33(27)28)13-15-5-3-6-16(11-15)19-12-21(25-20-9-4-8-18(19)20)31-14-17-7-1-2-10-24-17/h1-3,5-7,10-12,22H,4,8-9,13-14,23H2,(H,27,28)(H,29,30). The first-order valence-electron chi connectivity index (χ1n) is 10.5. The van der Waals surface area contributed by atoms with Crippen molar-refractivity contribution >= 4 is 22.6 Å². The molecule has 10 nitrogen and oxygen atoms in total. The van der Waals surface area contributed by atoms with E-state index in [4.69, 9.17) is 15.0 Å². The van der Waals surface area contributed by atoms with Crippen LogP contribution in [0.3, 0.4) is 0 Å². The third-order valence-corrected chi connectivity index (χ3v) is 6.46. The molecule has 0 radical (unpaired) electrons. The lowest BCUT2D eigenvalue weighted by atomic mass is 9.98. The van der Waals surface area contributed by atoms with Gasteiger partial charge in [-0.2, -0.15) is 8.51 Å². The number of pyridine rings is 2. The number of ether oxygens (including phenoxy) is 1. The minimum absolute atomic E-state index is 0.0778. The lowest BCUT2D eigenvalue weighted by Gasteiger charge is -2.23. The quantitative estimate of drug-likeness (QED) is 0.280. The van der Waals surface area contributed by atoms with Gasteiger partial charge in [0.05, 0.1) is 5.69 Å². The van der Waals surface area contributed by atoms with Crippen molar-refractivity contribution in [1.82, 2.24) is 14.3 Å². The van der Waals surface area contributed by atoms with Crippen LogP contribution in [-0.4, -0.2) is 38.1 Å². The van der Waals surface area contributed by atoms with E-state index in [0.717, 1.165) is 51.6 Å². The van der Waals surface area contributed by atoms with Crippen molar-refractivity contribution in [2.24, 2.45) is 5.73 Å². The van der Waals surface area contributed by atoms with E-state index < -0.39 is 29.0 Å². The highest BCUT2D eigenvalue weighted by atomic mass is 32.2. The van der Waals surface area contributed by atoms with Gasteiger partial charge in [0.15, 0.2) is 6.35 Å². The Balaban J connectivity index is 1.60. The Morgan fingerprint density at radius 3 is 2.71 bits per heavy atom. The van der Waals surface area contributed by atoms with Gasteiger partial charge >= 0.3 is 11.4 Å². The topological polar surface area (TPSA) is 148 Å². The molecule has 180 valence electrons. The molecule has 0 aliphatic heterocycles. The van der Waals surface area contributed by atoms with Crippen LogP contribution in [0.25, 0.3) is 11.1 Å². The maximum atomic E-state index is 11.7. The molecule has 0 spiro atoms. The lowest BCUT2D eigenvalue weighted by Crippen LogP contribution is -2.44. The summed E-state index contributed by atoms with van der Waals surface area (Å²) in [5.74, 6) is 0.505. The molecular weight excluding hydrogens is 480 g/mol. The zero-order valence-electron chi connectivity index (χ0n) is 18.1. The minimum atomic E-state index is -2.68. The fourth-order valence-corrected chi connectivity index (χ4v) is 4.67. The summed E-state index contributed by atoms with van der Waals surface area (Å²) in [5, 5.41) is 0. The van der Waals surface area contributed by atoms with Crippen LogP contribution in [-0.2, 0) is 52.8 Å². The molecule has 4 rings (SSSR count). The van der Waals surface area contributed by atoms with Gasteiger partial charge in [-0.05, 0) is 59.7 Å². The number of aromatic nitrogens is 2. The van der Waals surface area contributed by atoms with Gasteiger partial charge < -0.3 is 4.74 Å². The molecule has 0 saturated heterocycles. The summed E-state index contributed by atoms with van der Waals surface area (Å²) in [6, 6.07) is 14.9. The third-order valence-electron chi connectivity index (χ3n) is 5.36. The molecule has 0 bridgehead atoms. The molecular formula is C22H24N4O6S2. The summed E-state index contributed by atoms with van der Waals surface area (Å²) < 4.78 is 52.4. The highest BCUT2D eigenvalue weighted by Crippen LogP contribution is 2.35. The van der Waals surface area contributed by atoms with Crippen molar-refractivity contribution in [3.63, 3.8) is 0 Å². The van der Waals surface area contributed by atoms with Crippen molar-refractivity contribution < 1.29 is 26.4 Å². The van der Waals surface area contributed by atoms with Crippen molar-refractivity contribution in [2.75, 3.05) is 0 Å². The van der Waals surface area contributed by atoms with Crippen LogP contribution in [0.15, 0.2) is 54.7 Å². The largest absolute Gasteiger partial charge is 0.471 e. The zero-order chi connectivity index (χ0) is 24.1. The number of benzene rings is 1. The molecule has 12 heteroatoms. The van der Waals surface area contributed by atoms with E-state index in [2.05, 4.69) is 14.2 Å². The van der Waals surface area contributed by atoms with Crippen LogP contribution in [0.1, 0.15) is 28.9 Å². The Kier molecular flexibility index (Phi) is 8.11. The van der Waals surface area contributed by atoms with Crippen LogP contribution in [0, 0.1) is 0 Å². The number of nitrogens with zero attached hydrogens (tertiary/aromatic N) is 3. The molecule has 1 aliphatic rings. The highest BCUT2D eigenvalue weighted by molar-refractivity contribution is 7.76. The van der Waals surface area contributed by atoms with Gasteiger partial charge in [0.25, 0.3) is 0 Å². The second-order valence-electron chi connectivity index (χ2n) is 7.61. The fraction of sp³-hybridized carbons (Fsp3) is 0.273. The highest BCUT2D eigenvalue weighted by Gasteiger charge is 2.24. The van der Waals surface area contributed by atoms with E-state index in [1.54, 1.807) is 12.3 Å². The molecule has 0 fully saturated rings. The van der Waals surface area contributed by atoms with E-state index >= 15 is 0 Å². The van der Waals surface area contributed by atoms with E-state index in [1.807, 2.05) is 42.5 Å². The molecule has 2 aromatic heterocycles. The van der Waals surface area contributed by atoms with E-state index in [-0.39, 0.29) is 6.54 Å². The average molecular weight is 505 g/mol. The molecule has 3 aromatic rings. The molecule has 1 aliphatic carbocycles. The number of nitrogens with two attached hydrogens (primary N) is 1. The fourth-order valence-electron chi connectivity index (χ4n) is 3.86. The van der Waals surface area contributed by atoms with Crippen molar-refractivity contribution in [1.29, 1.82) is 0 Å². The predicted molar refractivity (Wildman–Crippen MR) is 126 cm³/mol. The van der Waals surface area contributed by atoms with Gasteiger partial charge in [-0.25, -0.2) is 13.4 Å².